The fourth-order valence-corrected chi connectivity index (χ4v) is 2.71. The van der Waals surface area contributed by atoms with Gasteiger partial charge in [0.2, 0.25) is 5.88 Å². The van der Waals surface area contributed by atoms with Crippen molar-refractivity contribution in [1.29, 1.82) is 5.41 Å². The number of nitrogens with zero attached hydrogens (tertiary/aromatic N) is 4. The van der Waals surface area contributed by atoms with Crippen LogP contribution in [0.1, 0.15) is 31.5 Å². The van der Waals surface area contributed by atoms with Gasteiger partial charge < -0.3 is 25.8 Å². The largest absolute Gasteiger partial charge is 0.475 e. The molecule has 9 nitrogen and oxygen atoms in total. The van der Waals surface area contributed by atoms with Crippen LogP contribution in [0.5, 0.6) is 5.88 Å². The molecule has 5 N–H and O–H groups in total. The lowest BCUT2D eigenvalue weighted by molar-refractivity contribution is 0.198. The van der Waals surface area contributed by atoms with Crippen LogP contribution < -0.4 is 20.7 Å². The number of nitrogens with one attached hydrogen (secondary N) is 2. The Balaban J connectivity index is 0.000000878. The number of nitrogens with two attached hydrogens (primary N) is 1. The van der Waals surface area contributed by atoms with Crippen molar-refractivity contribution < 1.29 is 9.84 Å². The zero-order chi connectivity index (χ0) is 20.7. The number of anilines is 2. The SMILES string of the molecule is CC(C)Oc1cc(C(=N)c2cc(N3CCC(O)C3)ncn2)c(N)cn1.CNC. The summed E-state index contributed by atoms with van der Waals surface area (Å²) < 4.78 is 5.58. The van der Waals surface area contributed by atoms with E-state index in [1.165, 1.54) is 12.5 Å². The van der Waals surface area contributed by atoms with Gasteiger partial charge in [-0.05, 0) is 34.4 Å². The molecule has 0 aliphatic carbocycles. The second-order valence-electron chi connectivity index (χ2n) is 6.80. The summed E-state index contributed by atoms with van der Waals surface area (Å²) in [6.07, 6.45) is 3.26. The molecule has 0 amide bonds. The Labute approximate surface area is 165 Å². The first-order valence-corrected chi connectivity index (χ1v) is 9.20. The molecule has 1 aliphatic rings. The summed E-state index contributed by atoms with van der Waals surface area (Å²) >= 11 is 0. The quantitative estimate of drug-likeness (QED) is 0.560. The molecule has 1 unspecified atom stereocenters. The number of ether oxygens (including phenoxy) is 1. The Bertz CT molecular complexity index is 798. The van der Waals surface area contributed by atoms with E-state index in [1.54, 1.807) is 12.1 Å². The van der Waals surface area contributed by atoms with Gasteiger partial charge in [-0.25, -0.2) is 15.0 Å². The molecular weight excluding hydrogens is 358 g/mol. The highest BCUT2D eigenvalue weighted by atomic mass is 16.5. The third-order valence-corrected chi connectivity index (χ3v) is 3.93. The maximum Gasteiger partial charge on any atom is 0.214 e. The number of pyridine rings is 1. The van der Waals surface area contributed by atoms with Crippen molar-refractivity contribution >= 4 is 17.2 Å². The van der Waals surface area contributed by atoms with Crippen LogP contribution in [-0.4, -0.2) is 65.2 Å². The molecule has 0 saturated carbocycles. The first-order chi connectivity index (χ1) is 13.3. The topological polar surface area (TPSA) is 133 Å². The Morgan fingerprint density at radius 2 is 2.04 bits per heavy atom. The minimum atomic E-state index is -0.343. The zero-order valence-electron chi connectivity index (χ0n) is 16.8. The summed E-state index contributed by atoms with van der Waals surface area (Å²) in [5, 5.41) is 20.9. The summed E-state index contributed by atoms with van der Waals surface area (Å²) in [7, 11) is 3.75. The van der Waals surface area contributed by atoms with Gasteiger partial charge in [0.1, 0.15) is 12.1 Å². The van der Waals surface area contributed by atoms with Gasteiger partial charge in [-0.1, -0.05) is 0 Å². The third kappa shape index (κ3) is 5.61. The predicted molar refractivity (Wildman–Crippen MR) is 110 cm³/mol. The summed E-state index contributed by atoms with van der Waals surface area (Å²) in [6, 6.07) is 3.39. The van der Waals surface area contributed by atoms with Crippen LogP contribution >= 0.6 is 0 Å². The van der Waals surface area contributed by atoms with Crippen LogP contribution in [0.15, 0.2) is 24.7 Å². The summed E-state index contributed by atoms with van der Waals surface area (Å²) in [4.78, 5) is 14.6. The Morgan fingerprint density at radius 1 is 1.32 bits per heavy atom. The van der Waals surface area contributed by atoms with Gasteiger partial charge in [0, 0.05) is 30.8 Å². The molecule has 3 heterocycles. The molecule has 0 spiro atoms. The maximum atomic E-state index is 9.69. The molecule has 2 aromatic heterocycles. The van der Waals surface area contributed by atoms with Crippen molar-refractivity contribution in [1.82, 2.24) is 20.3 Å². The van der Waals surface area contributed by atoms with E-state index in [0.29, 0.717) is 41.6 Å². The normalized spacial score (nSPS) is 15.9. The fourth-order valence-electron chi connectivity index (χ4n) is 2.71. The molecule has 2 aromatic rings. The molecular formula is C19H29N7O2. The standard InChI is InChI=1S/C17H22N6O2.C2H7N/c1-10(2)25-16-5-12(13(18)7-20-16)17(19)14-6-15(22-9-21-14)23-4-3-11(24)8-23;1-3-2/h5-7,9-11,19,24H,3-4,8,18H2,1-2H3;3H,1-2H3. The Hall–Kier alpha value is -2.78. The molecule has 28 heavy (non-hydrogen) atoms. The number of aliphatic hydroxyl groups excluding tert-OH is 1. The van der Waals surface area contributed by atoms with Crippen molar-refractivity contribution in [3.63, 3.8) is 0 Å². The maximum absolute atomic E-state index is 9.69. The average Bonchev–Trinajstić information content (AvgIpc) is 3.09. The van der Waals surface area contributed by atoms with Crippen molar-refractivity contribution in [3.05, 3.63) is 35.9 Å². The molecule has 0 radical (unpaired) electrons. The van der Waals surface area contributed by atoms with E-state index in [2.05, 4.69) is 20.3 Å². The highest BCUT2D eigenvalue weighted by Gasteiger charge is 2.22. The third-order valence-electron chi connectivity index (χ3n) is 3.93. The van der Waals surface area contributed by atoms with Gasteiger partial charge >= 0.3 is 0 Å². The lowest BCUT2D eigenvalue weighted by Gasteiger charge is -2.17. The van der Waals surface area contributed by atoms with Crippen LogP contribution in [0.3, 0.4) is 0 Å². The van der Waals surface area contributed by atoms with E-state index in [4.69, 9.17) is 15.9 Å². The molecule has 1 fully saturated rings. The molecule has 1 atom stereocenters. The molecule has 1 aliphatic heterocycles. The van der Waals surface area contributed by atoms with Crippen LogP contribution in [0.2, 0.25) is 0 Å². The second kappa shape index (κ2) is 9.95. The first kappa shape index (κ1) is 21.5. The number of aromatic nitrogens is 3. The van der Waals surface area contributed by atoms with Crippen LogP contribution in [0, 0.1) is 5.41 Å². The van der Waals surface area contributed by atoms with Gasteiger partial charge in [0.15, 0.2) is 0 Å². The van der Waals surface area contributed by atoms with Gasteiger partial charge in [-0.15, -0.1) is 0 Å². The van der Waals surface area contributed by atoms with Gasteiger partial charge in [0.05, 0.1) is 35.5 Å². The lowest BCUT2D eigenvalue weighted by Crippen LogP contribution is -2.23. The molecule has 9 heteroatoms. The number of aliphatic hydroxyl groups is 1. The number of rotatable bonds is 5. The minimum absolute atomic E-state index is 0.0228. The summed E-state index contributed by atoms with van der Waals surface area (Å²) in [6.45, 7) is 5.08. The van der Waals surface area contributed by atoms with Crippen LogP contribution in [0.4, 0.5) is 11.5 Å². The Kier molecular flexibility index (Phi) is 7.65. The van der Waals surface area contributed by atoms with E-state index in [0.717, 1.165) is 6.54 Å². The highest BCUT2D eigenvalue weighted by molar-refractivity contribution is 6.13. The number of β-amino-alcohol motifs (C(OH)–C–C–N with tert-alkyl or cyclic N) is 1. The van der Waals surface area contributed by atoms with E-state index in [1.807, 2.05) is 32.8 Å². The number of hydrogen-bond acceptors (Lipinski definition) is 9. The van der Waals surface area contributed by atoms with Crippen LogP contribution in [0.25, 0.3) is 0 Å². The van der Waals surface area contributed by atoms with E-state index < -0.39 is 0 Å². The molecule has 0 aromatic carbocycles. The van der Waals surface area contributed by atoms with Gasteiger partial charge in [0.25, 0.3) is 0 Å². The molecule has 152 valence electrons. The van der Waals surface area contributed by atoms with Gasteiger partial charge in [-0.2, -0.15) is 0 Å². The summed E-state index contributed by atoms with van der Waals surface area (Å²) in [5.74, 6) is 1.11. The lowest BCUT2D eigenvalue weighted by atomic mass is 10.1. The van der Waals surface area contributed by atoms with Crippen molar-refractivity contribution in [2.75, 3.05) is 37.8 Å². The predicted octanol–water partition coefficient (Wildman–Crippen LogP) is 1.06. The summed E-state index contributed by atoms with van der Waals surface area (Å²) in [5.41, 5.74) is 7.52. The second-order valence-corrected chi connectivity index (χ2v) is 6.80. The van der Waals surface area contributed by atoms with Crippen molar-refractivity contribution in [2.24, 2.45) is 0 Å². The zero-order valence-corrected chi connectivity index (χ0v) is 16.8. The highest BCUT2D eigenvalue weighted by Crippen LogP contribution is 2.23. The van der Waals surface area contributed by atoms with Crippen LogP contribution in [-0.2, 0) is 0 Å². The van der Waals surface area contributed by atoms with Crippen molar-refractivity contribution in [3.8, 4) is 5.88 Å². The Morgan fingerprint density at radius 3 is 2.64 bits per heavy atom. The number of nitrogen functional groups attached to an aromatic ring is 1. The molecule has 0 bridgehead atoms. The van der Waals surface area contributed by atoms with E-state index in [9.17, 15) is 5.11 Å². The fraction of sp³-hybridized carbons (Fsp3) is 0.474. The monoisotopic (exact) mass is 387 g/mol. The van der Waals surface area contributed by atoms with Crippen molar-refractivity contribution in [2.45, 2.75) is 32.5 Å². The first-order valence-electron chi connectivity index (χ1n) is 9.20. The van der Waals surface area contributed by atoms with Gasteiger partial charge in [-0.3, -0.25) is 5.41 Å². The van der Waals surface area contributed by atoms with E-state index in [-0.39, 0.29) is 17.9 Å². The minimum Gasteiger partial charge on any atom is -0.475 e. The number of hydrogen-bond donors (Lipinski definition) is 4. The average molecular weight is 387 g/mol. The van der Waals surface area contributed by atoms with E-state index >= 15 is 0 Å². The molecule has 3 rings (SSSR count). The smallest absolute Gasteiger partial charge is 0.214 e. The molecule has 1 saturated heterocycles.